The molecule has 0 aliphatic heterocycles. The van der Waals surface area contributed by atoms with Crippen molar-refractivity contribution in [3.63, 3.8) is 0 Å². The van der Waals surface area contributed by atoms with Crippen molar-refractivity contribution < 1.29 is 4.79 Å². The second-order valence-electron chi connectivity index (χ2n) is 4.12. The number of benzene rings is 1. The number of anilines is 1. The predicted molar refractivity (Wildman–Crippen MR) is 64.0 cm³/mol. The molecular formula is C13H19NO. The molecule has 82 valence electrons. The Kier molecular flexibility index (Phi) is 3.89. The molecule has 0 aromatic heterocycles. The molecule has 0 heterocycles. The average Bonchev–Trinajstić information content (AvgIpc) is 2.22. The molecule has 2 nitrogen and oxygen atoms in total. The fraction of sp³-hybridized carbons (Fsp3) is 0.462. The number of hydrogen-bond acceptors (Lipinski definition) is 1. The van der Waals surface area contributed by atoms with Crippen molar-refractivity contribution in [1.29, 1.82) is 0 Å². The average molecular weight is 205 g/mol. The van der Waals surface area contributed by atoms with Gasteiger partial charge < -0.3 is 5.32 Å². The highest BCUT2D eigenvalue weighted by Gasteiger charge is 2.11. The van der Waals surface area contributed by atoms with Crippen molar-refractivity contribution in [3.05, 3.63) is 29.3 Å². The molecule has 0 saturated heterocycles. The molecule has 1 N–H and O–H groups in total. The molecule has 0 bridgehead atoms. The maximum atomic E-state index is 11.7. The van der Waals surface area contributed by atoms with Crippen molar-refractivity contribution in [2.45, 2.75) is 34.1 Å². The van der Waals surface area contributed by atoms with Crippen molar-refractivity contribution >= 4 is 11.6 Å². The molecule has 1 aromatic carbocycles. The van der Waals surface area contributed by atoms with E-state index in [4.69, 9.17) is 0 Å². The quantitative estimate of drug-likeness (QED) is 0.806. The molecule has 0 fully saturated rings. The molecule has 1 aromatic rings. The maximum absolute atomic E-state index is 11.7. The van der Waals surface area contributed by atoms with Crippen molar-refractivity contribution in [2.75, 3.05) is 5.32 Å². The normalized spacial score (nSPS) is 12.3. The summed E-state index contributed by atoms with van der Waals surface area (Å²) in [5.41, 5.74) is 3.21. The van der Waals surface area contributed by atoms with Crippen LogP contribution in [0.25, 0.3) is 0 Å². The molecule has 2 heteroatoms. The van der Waals surface area contributed by atoms with Crippen LogP contribution in [-0.4, -0.2) is 5.91 Å². The predicted octanol–water partition coefficient (Wildman–Crippen LogP) is 3.29. The zero-order valence-corrected chi connectivity index (χ0v) is 9.92. The summed E-state index contributed by atoms with van der Waals surface area (Å²) in [5, 5.41) is 2.96. The number of aryl methyl sites for hydroxylation is 2. The summed E-state index contributed by atoms with van der Waals surface area (Å²) in [6.45, 7) is 8.00. The molecule has 0 aliphatic rings. The fourth-order valence-corrected chi connectivity index (χ4v) is 1.31. The zero-order valence-electron chi connectivity index (χ0n) is 9.92. The molecule has 0 aliphatic carbocycles. The SMILES string of the molecule is CCC(C)C(=O)Nc1cc(C)ccc1C. The van der Waals surface area contributed by atoms with Crippen LogP contribution in [0.3, 0.4) is 0 Å². The van der Waals surface area contributed by atoms with Crippen LogP contribution in [0, 0.1) is 19.8 Å². The third-order valence-electron chi connectivity index (χ3n) is 2.71. The standard InChI is InChI=1S/C13H19NO/c1-5-10(3)13(15)14-12-8-9(2)6-7-11(12)4/h6-8,10H,5H2,1-4H3,(H,14,15). The van der Waals surface area contributed by atoms with Gasteiger partial charge >= 0.3 is 0 Å². The van der Waals surface area contributed by atoms with Crippen LogP contribution in [-0.2, 0) is 4.79 Å². The van der Waals surface area contributed by atoms with Gasteiger partial charge in [-0.2, -0.15) is 0 Å². The molecule has 1 amide bonds. The Morgan fingerprint density at radius 2 is 2.07 bits per heavy atom. The summed E-state index contributed by atoms with van der Waals surface area (Å²) < 4.78 is 0. The van der Waals surface area contributed by atoms with E-state index >= 15 is 0 Å². The van der Waals surface area contributed by atoms with E-state index in [2.05, 4.69) is 5.32 Å². The molecular weight excluding hydrogens is 186 g/mol. The number of carbonyl (C=O) groups excluding carboxylic acids is 1. The number of rotatable bonds is 3. The molecule has 0 radical (unpaired) electrons. The Labute approximate surface area is 91.7 Å². The summed E-state index contributed by atoms with van der Waals surface area (Å²) in [6.07, 6.45) is 0.872. The summed E-state index contributed by atoms with van der Waals surface area (Å²) in [7, 11) is 0. The molecule has 1 unspecified atom stereocenters. The minimum Gasteiger partial charge on any atom is -0.326 e. The van der Waals surface area contributed by atoms with Gasteiger partial charge in [-0.15, -0.1) is 0 Å². The van der Waals surface area contributed by atoms with Gasteiger partial charge in [-0.3, -0.25) is 4.79 Å². The van der Waals surface area contributed by atoms with E-state index < -0.39 is 0 Å². The molecule has 1 atom stereocenters. The molecule has 0 spiro atoms. The van der Waals surface area contributed by atoms with E-state index in [0.29, 0.717) is 0 Å². The monoisotopic (exact) mass is 205 g/mol. The first kappa shape index (κ1) is 11.8. The van der Waals surface area contributed by atoms with E-state index in [1.54, 1.807) is 0 Å². The summed E-state index contributed by atoms with van der Waals surface area (Å²) in [4.78, 5) is 11.7. The Morgan fingerprint density at radius 3 is 2.67 bits per heavy atom. The van der Waals surface area contributed by atoms with Gasteiger partial charge in [0.15, 0.2) is 0 Å². The Balaban J connectivity index is 2.80. The molecule has 15 heavy (non-hydrogen) atoms. The van der Waals surface area contributed by atoms with Crippen molar-refractivity contribution in [1.82, 2.24) is 0 Å². The van der Waals surface area contributed by atoms with Crippen molar-refractivity contribution in [2.24, 2.45) is 5.92 Å². The largest absolute Gasteiger partial charge is 0.326 e. The van der Waals surface area contributed by atoms with E-state index in [1.807, 2.05) is 45.9 Å². The third-order valence-corrected chi connectivity index (χ3v) is 2.71. The smallest absolute Gasteiger partial charge is 0.227 e. The van der Waals surface area contributed by atoms with Gasteiger partial charge in [-0.25, -0.2) is 0 Å². The second-order valence-corrected chi connectivity index (χ2v) is 4.12. The molecule has 0 saturated carbocycles. The van der Waals surface area contributed by atoms with Crippen LogP contribution in [0.4, 0.5) is 5.69 Å². The van der Waals surface area contributed by atoms with Crippen molar-refractivity contribution in [3.8, 4) is 0 Å². The highest BCUT2D eigenvalue weighted by molar-refractivity contribution is 5.93. The fourth-order valence-electron chi connectivity index (χ4n) is 1.31. The topological polar surface area (TPSA) is 29.1 Å². The number of carbonyl (C=O) groups is 1. The van der Waals surface area contributed by atoms with Crippen LogP contribution >= 0.6 is 0 Å². The van der Waals surface area contributed by atoms with Gasteiger partial charge in [-0.05, 0) is 37.5 Å². The van der Waals surface area contributed by atoms with Gasteiger partial charge in [0.05, 0.1) is 0 Å². The van der Waals surface area contributed by atoms with E-state index in [0.717, 1.165) is 17.7 Å². The lowest BCUT2D eigenvalue weighted by atomic mass is 10.1. The Bertz CT molecular complexity index is 358. The van der Waals surface area contributed by atoms with Crippen LogP contribution in [0.2, 0.25) is 0 Å². The highest BCUT2D eigenvalue weighted by Crippen LogP contribution is 2.17. The van der Waals surface area contributed by atoms with Gasteiger partial charge in [0, 0.05) is 11.6 Å². The van der Waals surface area contributed by atoms with Crippen LogP contribution in [0.1, 0.15) is 31.4 Å². The van der Waals surface area contributed by atoms with Gasteiger partial charge in [-0.1, -0.05) is 26.0 Å². The number of hydrogen-bond donors (Lipinski definition) is 1. The first-order valence-corrected chi connectivity index (χ1v) is 5.42. The molecule has 1 rings (SSSR count). The summed E-state index contributed by atoms with van der Waals surface area (Å²) >= 11 is 0. The second kappa shape index (κ2) is 4.96. The number of amides is 1. The van der Waals surface area contributed by atoms with E-state index in [1.165, 1.54) is 5.56 Å². The Morgan fingerprint density at radius 1 is 1.40 bits per heavy atom. The lowest BCUT2D eigenvalue weighted by molar-refractivity contribution is -0.119. The van der Waals surface area contributed by atoms with Gasteiger partial charge in [0.25, 0.3) is 0 Å². The van der Waals surface area contributed by atoms with Crippen LogP contribution in [0.5, 0.6) is 0 Å². The minimum absolute atomic E-state index is 0.0740. The first-order chi connectivity index (χ1) is 7.04. The maximum Gasteiger partial charge on any atom is 0.227 e. The lowest BCUT2D eigenvalue weighted by Gasteiger charge is -2.12. The first-order valence-electron chi connectivity index (χ1n) is 5.42. The zero-order chi connectivity index (χ0) is 11.4. The number of nitrogens with one attached hydrogen (secondary N) is 1. The van der Waals surface area contributed by atoms with Crippen LogP contribution < -0.4 is 5.32 Å². The van der Waals surface area contributed by atoms with Gasteiger partial charge in [0.1, 0.15) is 0 Å². The minimum atomic E-state index is 0.0740. The van der Waals surface area contributed by atoms with E-state index in [-0.39, 0.29) is 11.8 Å². The highest BCUT2D eigenvalue weighted by atomic mass is 16.1. The summed E-state index contributed by atoms with van der Waals surface area (Å²) in [6, 6.07) is 6.09. The van der Waals surface area contributed by atoms with E-state index in [9.17, 15) is 4.79 Å². The van der Waals surface area contributed by atoms with Gasteiger partial charge in [0.2, 0.25) is 5.91 Å². The Hall–Kier alpha value is -1.31. The summed E-state index contributed by atoms with van der Waals surface area (Å²) in [5.74, 6) is 0.177. The van der Waals surface area contributed by atoms with Crippen LogP contribution in [0.15, 0.2) is 18.2 Å². The lowest BCUT2D eigenvalue weighted by Crippen LogP contribution is -2.20. The third kappa shape index (κ3) is 3.08.